The maximum atomic E-state index is 12.8. The molecule has 0 spiro atoms. The molecule has 0 heterocycles. The number of benzene rings is 2. The number of carbonyl (C=O) groups is 2. The smallest absolute Gasteiger partial charge is 0.344 e. The average Bonchev–Trinajstić information content (AvgIpc) is 2.60. The minimum Gasteiger partial charge on any atom is -0.482 e. The van der Waals surface area contributed by atoms with Crippen molar-refractivity contribution in [2.24, 2.45) is 5.92 Å². The molecule has 0 aliphatic heterocycles. The van der Waals surface area contributed by atoms with Gasteiger partial charge in [-0.3, -0.25) is 4.79 Å². The predicted molar refractivity (Wildman–Crippen MR) is 92.1 cm³/mol. The van der Waals surface area contributed by atoms with E-state index in [2.05, 4.69) is 5.32 Å². The van der Waals surface area contributed by atoms with Crippen LogP contribution in [0.1, 0.15) is 24.2 Å². The van der Waals surface area contributed by atoms with E-state index in [1.807, 2.05) is 13.8 Å². The van der Waals surface area contributed by atoms with Gasteiger partial charge in [-0.15, -0.1) is 0 Å². The van der Waals surface area contributed by atoms with Gasteiger partial charge >= 0.3 is 5.97 Å². The second-order valence-electron chi connectivity index (χ2n) is 5.85. The van der Waals surface area contributed by atoms with Crippen molar-refractivity contribution in [3.05, 3.63) is 59.9 Å². The Balaban J connectivity index is 1.85. The molecule has 2 aromatic rings. The third-order valence-corrected chi connectivity index (χ3v) is 3.15. The van der Waals surface area contributed by atoms with Gasteiger partial charge in [-0.1, -0.05) is 13.8 Å². The molecule has 132 valence electrons. The highest BCUT2D eigenvalue weighted by atomic mass is 19.1. The van der Waals surface area contributed by atoms with Crippen molar-refractivity contribution in [2.45, 2.75) is 13.8 Å². The highest BCUT2D eigenvalue weighted by Gasteiger charge is 2.08. The molecule has 0 saturated heterocycles. The molecular formula is C19H20FNO4. The first-order valence-electron chi connectivity index (χ1n) is 7.89. The lowest BCUT2D eigenvalue weighted by atomic mass is 10.2. The fourth-order valence-corrected chi connectivity index (χ4v) is 1.88. The minimum atomic E-state index is -0.438. The van der Waals surface area contributed by atoms with Crippen molar-refractivity contribution in [1.29, 1.82) is 0 Å². The van der Waals surface area contributed by atoms with Crippen LogP contribution in [0.2, 0.25) is 0 Å². The highest BCUT2D eigenvalue weighted by Crippen LogP contribution is 2.15. The Bertz CT molecular complexity index is 711. The second-order valence-corrected chi connectivity index (χ2v) is 5.85. The van der Waals surface area contributed by atoms with Gasteiger partial charge in [-0.2, -0.15) is 0 Å². The summed E-state index contributed by atoms with van der Waals surface area (Å²) in [7, 11) is 0. The van der Waals surface area contributed by atoms with Gasteiger partial charge in [0.25, 0.3) is 5.91 Å². The highest BCUT2D eigenvalue weighted by molar-refractivity contribution is 6.04. The normalized spacial score (nSPS) is 10.4. The maximum Gasteiger partial charge on any atom is 0.344 e. The Morgan fingerprint density at radius 3 is 2.28 bits per heavy atom. The molecule has 0 aromatic heterocycles. The Labute approximate surface area is 145 Å². The fraction of sp³-hybridized carbons (Fsp3) is 0.263. The molecule has 5 nitrogen and oxygen atoms in total. The van der Waals surface area contributed by atoms with Gasteiger partial charge < -0.3 is 14.8 Å². The Morgan fingerprint density at radius 1 is 1.04 bits per heavy atom. The Hall–Kier alpha value is -2.89. The van der Waals surface area contributed by atoms with Gasteiger partial charge in [0.2, 0.25) is 0 Å². The number of hydrogen-bond acceptors (Lipinski definition) is 4. The maximum absolute atomic E-state index is 12.8. The molecule has 2 rings (SSSR count). The lowest BCUT2D eigenvalue weighted by Gasteiger charge is -2.09. The van der Waals surface area contributed by atoms with E-state index in [0.29, 0.717) is 23.6 Å². The summed E-state index contributed by atoms with van der Waals surface area (Å²) in [5, 5.41) is 2.66. The van der Waals surface area contributed by atoms with Crippen LogP contribution in [0.5, 0.6) is 5.75 Å². The standard InChI is InChI=1S/C19H20FNO4/c1-13(2)11-25-18(22)12-24-17-9-3-14(4-10-17)19(23)21-16-7-5-15(20)6-8-16/h3-10,13H,11-12H2,1-2H3,(H,21,23). The van der Waals surface area contributed by atoms with Crippen LogP contribution in [0.3, 0.4) is 0 Å². The molecule has 1 N–H and O–H groups in total. The molecule has 0 aliphatic rings. The second kappa shape index (κ2) is 8.82. The number of hydrogen-bond donors (Lipinski definition) is 1. The van der Waals surface area contributed by atoms with Crippen LogP contribution < -0.4 is 10.1 Å². The first kappa shape index (κ1) is 18.4. The van der Waals surface area contributed by atoms with E-state index in [9.17, 15) is 14.0 Å². The third-order valence-electron chi connectivity index (χ3n) is 3.15. The topological polar surface area (TPSA) is 64.6 Å². The van der Waals surface area contributed by atoms with Crippen molar-refractivity contribution in [1.82, 2.24) is 0 Å². The fourth-order valence-electron chi connectivity index (χ4n) is 1.88. The number of anilines is 1. The van der Waals surface area contributed by atoms with Crippen LogP contribution in [-0.2, 0) is 9.53 Å². The van der Waals surface area contributed by atoms with Crippen molar-refractivity contribution in [3.8, 4) is 5.75 Å². The largest absolute Gasteiger partial charge is 0.482 e. The van der Waals surface area contributed by atoms with Gasteiger partial charge in [-0.05, 0) is 54.4 Å². The van der Waals surface area contributed by atoms with Gasteiger partial charge in [-0.25, -0.2) is 9.18 Å². The summed E-state index contributed by atoms with van der Waals surface area (Å²) in [6.45, 7) is 4.06. The summed E-state index contributed by atoms with van der Waals surface area (Å²) in [6.07, 6.45) is 0. The number of carbonyl (C=O) groups excluding carboxylic acids is 2. The van der Waals surface area contributed by atoms with Crippen LogP contribution in [0.4, 0.5) is 10.1 Å². The van der Waals surface area contributed by atoms with Crippen LogP contribution in [-0.4, -0.2) is 25.1 Å². The summed E-state index contributed by atoms with van der Waals surface area (Å²) in [5.41, 5.74) is 0.915. The first-order chi connectivity index (χ1) is 11.9. The van der Waals surface area contributed by atoms with E-state index in [1.54, 1.807) is 24.3 Å². The van der Waals surface area contributed by atoms with Gasteiger partial charge in [0.1, 0.15) is 11.6 Å². The van der Waals surface area contributed by atoms with Gasteiger partial charge in [0, 0.05) is 11.3 Å². The molecule has 0 unspecified atom stereocenters. The van der Waals surface area contributed by atoms with Crippen LogP contribution in [0.15, 0.2) is 48.5 Å². The van der Waals surface area contributed by atoms with Crippen molar-refractivity contribution < 1.29 is 23.5 Å². The average molecular weight is 345 g/mol. The molecule has 0 atom stereocenters. The number of nitrogens with one attached hydrogen (secondary N) is 1. The van der Waals surface area contributed by atoms with Gasteiger partial charge in [0.05, 0.1) is 6.61 Å². The molecule has 2 aromatic carbocycles. The summed E-state index contributed by atoms with van der Waals surface area (Å²) in [5.74, 6) is -0.407. The van der Waals surface area contributed by atoms with E-state index in [0.717, 1.165) is 0 Å². The number of ether oxygens (including phenoxy) is 2. The van der Waals surface area contributed by atoms with Crippen LogP contribution >= 0.6 is 0 Å². The van der Waals surface area contributed by atoms with E-state index in [-0.39, 0.29) is 24.2 Å². The molecule has 1 amide bonds. The third kappa shape index (κ3) is 6.25. The van der Waals surface area contributed by atoms with E-state index >= 15 is 0 Å². The summed E-state index contributed by atoms with van der Waals surface area (Å²) in [6, 6.07) is 11.8. The Morgan fingerprint density at radius 2 is 1.68 bits per heavy atom. The zero-order valence-corrected chi connectivity index (χ0v) is 14.1. The van der Waals surface area contributed by atoms with Gasteiger partial charge in [0.15, 0.2) is 6.61 Å². The van der Waals surface area contributed by atoms with Crippen molar-refractivity contribution >= 4 is 17.6 Å². The molecule has 0 radical (unpaired) electrons. The zero-order valence-electron chi connectivity index (χ0n) is 14.1. The number of halogens is 1. The van der Waals surface area contributed by atoms with Crippen LogP contribution in [0, 0.1) is 11.7 Å². The van der Waals surface area contributed by atoms with Crippen LogP contribution in [0.25, 0.3) is 0 Å². The van der Waals surface area contributed by atoms with Crippen molar-refractivity contribution in [2.75, 3.05) is 18.5 Å². The van der Waals surface area contributed by atoms with E-state index in [1.165, 1.54) is 24.3 Å². The van der Waals surface area contributed by atoms with E-state index < -0.39 is 5.97 Å². The molecule has 0 saturated carbocycles. The zero-order chi connectivity index (χ0) is 18.2. The first-order valence-corrected chi connectivity index (χ1v) is 7.89. The molecular weight excluding hydrogens is 325 g/mol. The number of amides is 1. The molecule has 0 aliphatic carbocycles. The SMILES string of the molecule is CC(C)COC(=O)COc1ccc(C(=O)Nc2ccc(F)cc2)cc1. The monoisotopic (exact) mass is 345 g/mol. The molecule has 6 heteroatoms. The van der Waals surface area contributed by atoms with E-state index in [4.69, 9.17) is 9.47 Å². The Kier molecular flexibility index (Phi) is 6.51. The molecule has 0 fully saturated rings. The lowest BCUT2D eigenvalue weighted by molar-refractivity contribution is -0.147. The van der Waals surface area contributed by atoms with Crippen molar-refractivity contribution in [3.63, 3.8) is 0 Å². The quantitative estimate of drug-likeness (QED) is 0.778. The lowest BCUT2D eigenvalue weighted by Crippen LogP contribution is -2.17. The molecule has 0 bridgehead atoms. The number of rotatable bonds is 7. The number of esters is 1. The minimum absolute atomic E-state index is 0.187. The molecule has 25 heavy (non-hydrogen) atoms. The summed E-state index contributed by atoms with van der Waals surface area (Å²) >= 11 is 0. The summed E-state index contributed by atoms with van der Waals surface area (Å²) in [4.78, 5) is 23.6. The summed E-state index contributed by atoms with van der Waals surface area (Å²) < 4.78 is 23.2. The predicted octanol–water partition coefficient (Wildman–Crippen LogP) is 3.66.